The van der Waals surface area contributed by atoms with Crippen molar-refractivity contribution in [3.63, 3.8) is 0 Å². The predicted octanol–water partition coefficient (Wildman–Crippen LogP) is 4.45. The highest BCUT2D eigenvalue weighted by Crippen LogP contribution is 2.39. The number of nitrogens with one attached hydrogen (secondary N) is 3. The van der Waals surface area contributed by atoms with Crippen molar-refractivity contribution in [3.8, 4) is 11.1 Å². The van der Waals surface area contributed by atoms with E-state index in [4.69, 9.17) is 11.6 Å². The predicted molar refractivity (Wildman–Crippen MR) is 107 cm³/mol. The largest absolute Gasteiger partial charge is 0.408 e. The molecule has 1 atom stereocenters. The number of hydrogen-bond acceptors (Lipinski definition) is 6. The van der Waals surface area contributed by atoms with Gasteiger partial charge in [-0.05, 0) is 40.0 Å². The van der Waals surface area contributed by atoms with Gasteiger partial charge in [-0.3, -0.25) is 5.32 Å². The maximum absolute atomic E-state index is 15.1. The highest BCUT2D eigenvalue weighted by molar-refractivity contribution is 6.33. The SMILES string of the molecule is CNC(C)(C)Nc1cc(F)c(-c2c(Cl)nc3ncnn3c2N[C@@H](C)C(F)(F)F)c(F)c1. The molecular formula is C18H19ClF5N7. The summed E-state index contributed by atoms with van der Waals surface area (Å²) in [5.74, 6) is -2.65. The Morgan fingerprint density at radius 2 is 1.71 bits per heavy atom. The first-order chi connectivity index (χ1) is 14.3. The topological polar surface area (TPSA) is 79.2 Å². The second kappa shape index (κ2) is 8.08. The Bertz CT molecular complexity index is 1090. The van der Waals surface area contributed by atoms with E-state index in [9.17, 15) is 13.2 Å². The van der Waals surface area contributed by atoms with E-state index in [1.54, 1.807) is 20.9 Å². The van der Waals surface area contributed by atoms with Crippen molar-refractivity contribution < 1.29 is 22.0 Å². The number of rotatable bonds is 6. The molecule has 0 fully saturated rings. The average molecular weight is 464 g/mol. The molecule has 7 nitrogen and oxygen atoms in total. The number of aromatic nitrogens is 4. The molecule has 0 saturated carbocycles. The third-order valence-electron chi connectivity index (χ3n) is 4.60. The van der Waals surface area contributed by atoms with Crippen LogP contribution in [0.2, 0.25) is 5.15 Å². The first kappa shape index (κ1) is 22.9. The number of hydrogen-bond donors (Lipinski definition) is 3. The summed E-state index contributed by atoms with van der Waals surface area (Å²) in [7, 11) is 1.66. The Morgan fingerprint density at radius 3 is 2.26 bits per heavy atom. The van der Waals surface area contributed by atoms with Gasteiger partial charge in [0.25, 0.3) is 5.78 Å². The average Bonchev–Trinajstić information content (AvgIpc) is 3.10. The molecule has 2 aromatic heterocycles. The molecular weight excluding hydrogens is 445 g/mol. The van der Waals surface area contributed by atoms with Crippen LogP contribution in [0.15, 0.2) is 18.5 Å². The summed E-state index contributed by atoms with van der Waals surface area (Å²) in [5.41, 5.74) is -1.64. The molecule has 0 unspecified atom stereocenters. The molecule has 0 aliphatic carbocycles. The van der Waals surface area contributed by atoms with Gasteiger partial charge < -0.3 is 10.6 Å². The van der Waals surface area contributed by atoms with Crippen molar-refractivity contribution in [2.24, 2.45) is 0 Å². The Labute approximate surface area is 179 Å². The lowest BCUT2D eigenvalue weighted by molar-refractivity contribution is -0.138. The zero-order chi connectivity index (χ0) is 23.1. The molecule has 0 radical (unpaired) electrons. The third kappa shape index (κ3) is 4.64. The summed E-state index contributed by atoms with van der Waals surface area (Å²) < 4.78 is 70.5. The van der Waals surface area contributed by atoms with E-state index in [0.717, 1.165) is 29.9 Å². The molecule has 0 aliphatic heterocycles. The first-order valence-corrected chi connectivity index (χ1v) is 9.41. The third-order valence-corrected chi connectivity index (χ3v) is 4.87. The van der Waals surface area contributed by atoms with Crippen LogP contribution in [0.25, 0.3) is 16.9 Å². The maximum atomic E-state index is 15.1. The van der Waals surface area contributed by atoms with Gasteiger partial charge in [-0.15, -0.1) is 0 Å². The minimum atomic E-state index is -4.65. The highest BCUT2D eigenvalue weighted by atomic mass is 35.5. The lowest BCUT2D eigenvalue weighted by atomic mass is 10.0. The van der Waals surface area contributed by atoms with E-state index in [2.05, 4.69) is 31.0 Å². The van der Waals surface area contributed by atoms with Crippen LogP contribution in [-0.2, 0) is 0 Å². The maximum Gasteiger partial charge on any atom is 0.408 e. The molecule has 3 aromatic rings. The molecule has 1 aromatic carbocycles. The van der Waals surface area contributed by atoms with Crippen LogP contribution in [0.1, 0.15) is 20.8 Å². The molecule has 0 amide bonds. The quantitative estimate of drug-likeness (QED) is 0.285. The van der Waals surface area contributed by atoms with Gasteiger partial charge in [-0.1, -0.05) is 11.6 Å². The van der Waals surface area contributed by atoms with Crippen LogP contribution in [0.3, 0.4) is 0 Å². The van der Waals surface area contributed by atoms with Crippen molar-refractivity contribution in [3.05, 3.63) is 35.2 Å². The monoisotopic (exact) mass is 463 g/mol. The van der Waals surface area contributed by atoms with Gasteiger partial charge in [0.05, 0.1) is 16.8 Å². The second-order valence-electron chi connectivity index (χ2n) is 7.32. The molecule has 3 rings (SSSR count). The number of alkyl halides is 3. The fraction of sp³-hybridized carbons (Fsp3) is 0.389. The second-order valence-corrected chi connectivity index (χ2v) is 7.68. The van der Waals surface area contributed by atoms with Crippen LogP contribution in [-0.4, -0.2) is 44.5 Å². The number of halogens is 6. The van der Waals surface area contributed by atoms with Crippen molar-refractivity contribution in [1.82, 2.24) is 24.9 Å². The summed E-state index contributed by atoms with van der Waals surface area (Å²) in [6.45, 7) is 4.34. The smallest absolute Gasteiger partial charge is 0.368 e. The van der Waals surface area contributed by atoms with Crippen LogP contribution in [0, 0.1) is 11.6 Å². The van der Waals surface area contributed by atoms with Crippen molar-refractivity contribution >= 4 is 28.9 Å². The Balaban J connectivity index is 2.21. The van der Waals surface area contributed by atoms with Gasteiger partial charge in [0.2, 0.25) is 0 Å². The number of benzene rings is 1. The highest BCUT2D eigenvalue weighted by Gasteiger charge is 2.37. The number of anilines is 2. The fourth-order valence-electron chi connectivity index (χ4n) is 2.77. The van der Waals surface area contributed by atoms with Gasteiger partial charge in [-0.2, -0.15) is 32.8 Å². The molecule has 31 heavy (non-hydrogen) atoms. The number of nitrogens with zero attached hydrogens (tertiary/aromatic N) is 4. The van der Waals surface area contributed by atoms with E-state index in [-0.39, 0.29) is 11.5 Å². The first-order valence-electron chi connectivity index (χ1n) is 9.03. The van der Waals surface area contributed by atoms with E-state index >= 15 is 8.78 Å². The minimum Gasteiger partial charge on any atom is -0.368 e. The molecule has 3 N–H and O–H groups in total. The molecule has 168 valence electrons. The summed E-state index contributed by atoms with van der Waals surface area (Å²) >= 11 is 6.14. The van der Waals surface area contributed by atoms with Gasteiger partial charge in [0.15, 0.2) is 0 Å². The lowest BCUT2D eigenvalue weighted by Gasteiger charge is -2.27. The van der Waals surface area contributed by atoms with Crippen LogP contribution < -0.4 is 16.0 Å². The molecule has 0 bridgehead atoms. The Morgan fingerprint density at radius 1 is 1.10 bits per heavy atom. The number of fused-ring (bicyclic) bond motifs is 1. The van der Waals surface area contributed by atoms with Crippen LogP contribution in [0.4, 0.5) is 33.5 Å². The molecule has 0 spiro atoms. The fourth-order valence-corrected chi connectivity index (χ4v) is 3.03. The van der Waals surface area contributed by atoms with E-state index in [0.29, 0.717) is 0 Å². The standard InChI is InChI=1S/C18H19ClF5N7/c1-8(18(22,23)24)28-15-13(14(19)29-16-26-7-27-31(15)16)12-10(20)5-9(6-11(12)21)30-17(2,3)25-4/h5-8,25,28,30H,1-4H3/t8-/m0/s1. The van der Waals surface area contributed by atoms with Gasteiger partial charge >= 0.3 is 6.18 Å². The Hall–Kier alpha value is -2.73. The lowest BCUT2D eigenvalue weighted by Crippen LogP contribution is -2.44. The summed E-state index contributed by atoms with van der Waals surface area (Å²) in [6.07, 6.45) is -3.62. The van der Waals surface area contributed by atoms with Crippen molar-refractivity contribution in [2.75, 3.05) is 17.7 Å². The van der Waals surface area contributed by atoms with Gasteiger partial charge in [-0.25, -0.2) is 8.78 Å². The van der Waals surface area contributed by atoms with Crippen LogP contribution >= 0.6 is 11.6 Å². The van der Waals surface area contributed by atoms with E-state index < -0.39 is 51.6 Å². The molecule has 0 saturated heterocycles. The van der Waals surface area contributed by atoms with Gasteiger partial charge in [0.1, 0.15) is 35.0 Å². The zero-order valence-corrected chi connectivity index (χ0v) is 17.6. The molecule has 13 heteroatoms. The van der Waals surface area contributed by atoms with E-state index in [1.165, 1.54) is 0 Å². The Kier molecular flexibility index (Phi) is 5.98. The summed E-state index contributed by atoms with van der Waals surface area (Å²) in [6, 6.07) is -0.0623. The van der Waals surface area contributed by atoms with Gasteiger partial charge in [0, 0.05) is 5.69 Å². The van der Waals surface area contributed by atoms with Crippen LogP contribution in [0.5, 0.6) is 0 Å². The zero-order valence-electron chi connectivity index (χ0n) is 16.9. The summed E-state index contributed by atoms with van der Waals surface area (Å²) in [5, 5.41) is 11.4. The minimum absolute atomic E-state index is 0.113. The van der Waals surface area contributed by atoms with Crippen molar-refractivity contribution in [1.29, 1.82) is 0 Å². The molecule has 0 aliphatic rings. The normalized spacial score (nSPS) is 13.5. The molecule has 2 heterocycles. The summed E-state index contributed by atoms with van der Waals surface area (Å²) in [4.78, 5) is 7.68. The van der Waals surface area contributed by atoms with Crippen molar-refractivity contribution in [2.45, 2.75) is 38.7 Å². The van der Waals surface area contributed by atoms with E-state index in [1.807, 2.05) is 0 Å².